The molecule has 0 unspecified atom stereocenters. The Morgan fingerprint density at radius 2 is 0.875 bits per heavy atom. The van der Waals surface area contributed by atoms with Crippen LogP contribution in [0, 0.1) is 11.8 Å². The monoisotopic (exact) mass is 992 g/mol. The quantitative estimate of drug-likeness (QED) is 0.0258. The van der Waals surface area contributed by atoms with Crippen LogP contribution in [0.4, 0.5) is 9.59 Å². The third-order valence-corrected chi connectivity index (χ3v) is 11.7. The Morgan fingerprint density at radius 3 is 1.21 bits per heavy atom. The number of nitrogens with one attached hydrogen (secondary N) is 2. The molecule has 2 saturated heterocycles. The molecule has 2 fully saturated rings. The minimum Gasteiger partial charge on any atom is -0.509 e. The number of aliphatic hydroxyl groups excluding tert-OH is 1. The predicted octanol–water partition coefficient (Wildman–Crippen LogP) is 9.46. The Labute approximate surface area is 419 Å². The lowest BCUT2D eigenvalue weighted by Crippen LogP contribution is -2.45. The SMILES string of the molecule is C.CC(C)C[C@H](NC(=O)OCC1c2ccccc2-c2ccccc21)C(=O)O.CC(C)C[C@H](NC(=O)OCC1c2ccccc2-c2ccccc21)C(O)=C1C(=O)OC(C)(C)OC1=O.CC1(C)OC(=O)CC(=O)O1. The van der Waals surface area contributed by atoms with Crippen LogP contribution in [0.25, 0.3) is 22.3 Å². The molecule has 2 aliphatic carbocycles. The standard InChI is InChI=1S/C27H29NO7.C21H23NO4.C6H8O4.CH4/c1-15(2)13-21(23(29)22-24(30)34-27(3,4)35-25(22)31)28-26(32)33-14-20-18-11-7-5-9-16(18)17-10-6-8-12-19(17)20;1-13(2)11-19(20(23)24)22-21(25)26-12-18-16-9-5-3-7-14(16)15-8-4-6-10-17(15)18;1-6(2)9-4(7)3-5(8)10-6;/h5-12,15,20-21,29H,13-14H2,1-4H3,(H,28,32);3-10,13,18-19H,11-12H2,1-2H3,(H,22,25)(H,23,24);3H2,1-2H3;1H4/t21-;19-;;/m00../s1. The van der Waals surface area contributed by atoms with Gasteiger partial charge >= 0.3 is 42.0 Å². The van der Waals surface area contributed by atoms with Crippen LogP contribution in [0.15, 0.2) is 108 Å². The summed E-state index contributed by atoms with van der Waals surface area (Å²) in [6, 6.07) is 30.1. The number of aliphatic hydroxyl groups is 1. The van der Waals surface area contributed by atoms with Gasteiger partial charge in [-0.15, -0.1) is 0 Å². The van der Waals surface area contributed by atoms with Crippen molar-refractivity contribution in [1.82, 2.24) is 10.6 Å². The van der Waals surface area contributed by atoms with Gasteiger partial charge in [-0.2, -0.15) is 0 Å². The first-order valence-corrected chi connectivity index (χ1v) is 23.3. The van der Waals surface area contributed by atoms with Crippen LogP contribution in [-0.2, 0) is 52.4 Å². The average Bonchev–Trinajstić information content (AvgIpc) is 3.78. The first kappa shape index (κ1) is 55.2. The number of hydrogen-bond donors (Lipinski definition) is 4. The largest absolute Gasteiger partial charge is 0.509 e. The molecule has 2 amide bonds. The number of amides is 2. The summed E-state index contributed by atoms with van der Waals surface area (Å²) in [6.07, 6.45) is -1.13. The molecule has 4 aliphatic rings. The first-order chi connectivity index (χ1) is 33.5. The zero-order valence-corrected chi connectivity index (χ0v) is 40.9. The molecule has 2 atom stereocenters. The zero-order valence-electron chi connectivity index (χ0n) is 40.9. The Morgan fingerprint density at radius 1 is 0.556 bits per heavy atom. The fourth-order valence-corrected chi connectivity index (χ4v) is 8.76. The molecular formula is C55H64N2O15. The van der Waals surface area contributed by atoms with Crippen LogP contribution < -0.4 is 10.6 Å². The highest BCUT2D eigenvalue weighted by Crippen LogP contribution is 2.46. The van der Waals surface area contributed by atoms with Gasteiger partial charge in [-0.3, -0.25) is 9.59 Å². The van der Waals surface area contributed by atoms with Crippen molar-refractivity contribution in [2.75, 3.05) is 13.2 Å². The number of carboxylic acids is 1. The van der Waals surface area contributed by atoms with Gasteiger partial charge in [-0.25, -0.2) is 24.0 Å². The second-order valence-corrected chi connectivity index (χ2v) is 19.1. The molecule has 0 radical (unpaired) electrons. The smallest absolute Gasteiger partial charge is 0.407 e. The topological polar surface area (TPSA) is 239 Å². The van der Waals surface area contributed by atoms with E-state index in [4.69, 9.17) is 18.9 Å². The summed E-state index contributed by atoms with van der Waals surface area (Å²) in [5.74, 6) is -7.24. The number of fused-ring (bicyclic) bond motifs is 6. The molecule has 72 heavy (non-hydrogen) atoms. The molecule has 0 bridgehead atoms. The lowest BCUT2D eigenvalue weighted by atomic mass is 9.98. The van der Waals surface area contributed by atoms with E-state index in [9.17, 15) is 43.8 Å². The van der Waals surface area contributed by atoms with Gasteiger partial charge in [0, 0.05) is 39.5 Å². The van der Waals surface area contributed by atoms with Crippen molar-refractivity contribution in [3.63, 3.8) is 0 Å². The maximum atomic E-state index is 12.8. The van der Waals surface area contributed by atoms with Crippen molar-refractivity contribution >= 4 is 42.0 Å². The van der Waals surface area contributed by atoms with Gasteiger partial charge in [0.25, 0.3) is 11.6 Å². The Balaban J connectivity index is 0.000000228. The number of esters is 4. The summed E-state index contributed by atoms with van der Waals surface area (Å²) in [7, 11) is 0. The van der Waals surface area contributed by atoms with E-state index >= 15 is 0 Å². The third-order valence-electron chi connectivity index (χ3n) is 11.7. The number of carbonyl (C=O) groups is 7. The second kappa shape index (κ2) is 23.5. The zero-order chi connectivity index (χ0) is 51.8. The average molecular weight is 993 g/mol. The molecule has 2 heterocycles. The molecule has 0 aromatic heterocycles. The number of alkyl carbamates (subject to hydrolysis) is 2. The van der Waals surface area contributed by atoms with Crippen molar-refractivity contribution < 1.29 is 72.2 Å². The lowest BCUT2D eigenvalue weighted by molar-refractivity contribution is -0.231. The van der Waals surface area contributed by atoms with Crippen LogP contribution in [0.1, 0.15) is 116 Å². The summed E-state index contributed by atoms with van der Waals surface area (Å²) >= 11 is 0. The fourth-order valence-electron chi connectivity index (χ4n) is 8.76. The van der Waals surface area contributed by atoms with Crippen LogP contribution in [0.3, 0.4) is 0 Å². The normalized spacial score (nSPS) is 16.6. The Kier molecular flexibility index (Phi) is 18.0. The molecule has 4 aromatic rings. The van der Waals surface area contributed by atoms with Crippen LogP contribution in [0.2, 0.25) is 0 Å². The number of ether oxygens (including phenoxy) is 6. The summed E-state index contributed by atoms with van der Waals surface area (Å²) in [6.45, 7) is 13.7. The number of aliphatic carboxylic acids is 1. The van der Waals surface area contributed by atoms with Gasteiger partial charge in [-0.05, 0) is 69.2 Å². The van der Waals surface area contributed by atoms with Crippen LogP contribution in [0.5, 0.6) is 0 Å². The van der Waals surface area contributed by atoms with E-state index in [1.807, 2.05) is 113 Å². The maximum Gasteiger partial charge on any atom is 0.407 e. The van der Waals surface area contributed by atoms with E-state index in [0.29, 0.717) is 6.42 Å². The maximum absolute atomic E-state index is 12.8. The first-order valence-electron chi connectivity index (χ1n) is 23.3. The van der Waals surface area contributed by atoms with Gasteiger partial charge in [0.2, 0.25) is 0 Å². The number of cyclic esters (lactones) is 4. The number of carboxylic acid groups (broad SMARTS) is 1. The number of carbonyl (C=O) groups excluding carboxylic acids is 6. The van der Waals surface area contributed by atoms with Crippen molar-refractivity contribution in [2.45, 2.75) is 118 Å². The van der Waals surface area contributed by atoms with Gasteiger partial charge < -0.3 is 49.3 Å². The molecular weight excluding hydrogens is 929 g/mol. The van der Waals surface area contributed by atoms with Gasteiger partial charge in [0.05, 0.1) is 6.04 Å². The van der Waals surface area contributed by atoms with Crippen LogP contribution in [-0.4, -0.2) is 89.1 Å². The molecule has 0 spiro atoms. The molecule has 384 valence electrons. The summed E-state index contributed by atoms with van der Waals surface area (Å²) in [5, 5.41) is 25.1. The van der Waals surface area contributed by atoms with E-state index in [2.05, 4.69) is 32.2 Å². The fraction of sp³-hybridized carbons (Fsp3) is 0.400. The minimum absolute atomic E-state index is 0. The highest BCUT2D eigenvalue weighted by molar-refractivity contribution is 6.16. The summed E-state index contributed by atoms with van der Waals surface area (Å²) < 4.78 is 30.4. The van der Waals surface area contributed by atoms with Gasteiger partial charge in [-0.1, -0.05) is 132 Å². The minimum atomic E-state index is -1.44. The number of hydrogen-bond acceptors (Lipinski definition) is 14. The van der Waals surface area contributed by atoms with Crippen LogP contribution >= 0.6 is 0 Å². The van der Waals surface area contributed by atoms with E-state index in [-0.39, 0.29) is 57.2 Å². The van der Waals surface area contributed by atoms with Crippen molar-refractivity contribution in [2.24, 2.45) is 11.8 Å². The van der Waals surface area contributed by atoms with Crippen molar-refractivity contribution in [3.8, 4) is 22.3 Å². The molecule has 0 saturated carbocycles. The number of benzene rings is 4. The van der Waals surface area contributed by atoms with E-state index in [0.717, 1.165) is 44.5 Å². The molecule has 17 heteroatoms. The molecule has 8 rings (SSSR count). The summed E-state index contributed by atoms with van der Waals surface area (Å²) in [4.78, 5) is 82.1. The van der Waals surface area contributed by atoms with Gasteiger partial charge in [0.1, 0.15) is 31.4 Å². The van der Waals surface area contributed by atoms with Crippen molar-refractivity contribution in [1.29, 1.82) is 0 Å². The molecule has 17 nitrogen and oxygen atoms in total. The molecule has 2 aliphatic heterocycles. The lowest BCUT2D eigenvalue weighted by Gasteiger charge is -2.31. The predicted molar refractivity (Wildman–Crippen MR) is 264 cm³/mol. The van der Waals surface area contributed by atoms with Crippen molar-refractivity contribution in [3.05, 3.63) is 131 Å². The Bertz CT molecular complexity index is 2570. The molecule has 4 N–H and O–H groups in total. The highest BCUT2D eigenvalue weighted by atomic mass is 16.7. The molecule has 4 aromatic carbocycles. The van der Waals surface area contributed by atoms with Gasteiger partial charge in [0.15, 0.2) is 5.57 Å². The third kappa shape index (κ3) is 13.8. The second-order valence-electron chi connectivity index (χ2n) is 19.1. The van der Waals surface area contributed by atoms with E-state index < -0.39 is 77.0 Å². The Hall–Kier alpha value is -7.69. The van der Waals surface area contributed by atoms with E-state index in [1.54, 1.807) is 0 Å². The number of rotatable bonds is 12. The highest BCUT2D eigenvalue weighted by Gasteiger charge is 2.43. The van der Waals surface area contributed by atoms with E-state index in [1.165, 1.54) is 27.7 Å². The summed E-state index contributed by atoms with van der Waals surface area (Å²) in [5.41, 5.74) is 8.27.